The second-order valence-electron chi connectivity index (χ2n) is 7.05. The third kappa shape index (κ3) is 4.30. The Morgan fingerprint density at radius 3 is 2.38 bits per heavy atom. The molecule has 0 atom stereocenters. The van der Waals surface area contributed by atoms with E-state index in [0.717, 1.165) is 5.56 Å². The zero-order valence-electron chi connectivity index (χ0n) is 14.9. The Morgan fingerprint density at radius 2 is 1.77 bits per heavy atom. The fraction of sp³-hybridized carbons (Fsp3) is 0.263. The number of carbonyl (C=O) groups is 1. The van der Waals surface area contributed by atoms with Gasteiger partial charge in [0.05, 0.1) is 24.0 Å². The molecule has 0 aliphatic heterocycles. The summed E-state index contributed by atoms with van der Waals surface area (Å²) < 4.78 is 14.6. The van der Waals surface area contributed by atoms with Crippen LogP contribution in [0.25, 0.3) is 0 Å². The highest BCUT2D eigenvalue weighted by molar-refractivity contribution is 6.03. The van der Waals surface area contributed by atoms with Gasteiger partial charge in [0.1, 0.15) is 11.6 Å². The summed E-state index contributed by atoms with van der Waals surface area (Å²) in [4.78, 5) is 20.8. The molecule has 1 aromatic carbocycles. The lowest BCUT2D eigenvalue weighted by Crippen LogP contribution is -2.18. The smallest absolute Gasteiger partial charge is 0.258 e. The Kier molecular flexibility index (Phi) is 4.79. The molecule has 0 radical (unpaired) electrons. The van der Waals surface area contributed by atoms with Gasteiger partial charge in [-0.1, -0.05) is 32.9 Å². The normalized spacial score (nSPS) is 11.4. The SMILES string of the molecule is CC(C)(C)c1ncc(C(=O)Nc2cnn(Cc3ccc(F)cc3)c2)cn1. The minimum atomic E-state index is -0.299. The van der Waals surface area contributed by atoms with Gasteiger partial charge in [-0.3, -0.25) is 9.48 Å². The molecule has 7 heteroatoms. The Labute approximate surface area is 151 Å². The molecule has 26 heavy (non-hydrogen) atoms. The van der Waals surface area contributed by atoms with E-state index >= 15 is 0 Å². The Balaban J connectivity index is 1.65. The van der Waals surface area contributed by atoms with E-state index < -0.39 is 0 Å². The summed E-state index contributed by atoms with van der Waals surface area (Å²) in [6, 6.07) is 6.21. The second-order valence-corrected chi connectivity index (χ2v) is 7.05. The predicted octanol–water partition coefficient (Wildman–Crippen LogP) is 3.41. The average Bonchev–Trinajstić information content (AvgIpc) is 3.03. The van der Waals surface area contributed by atoms with Crippen molar-refractivity contribution in [3.05, 3.63) is 71.8 Å². The van der Waals surface area contributed by atoms with E-state index in [1.165, 1.54) is 24.5 Å². The Bertz CT molecular complexity index is 895. The van der Waals surface area contributed by atoms with Crippen molar-refractivity contribution >= 4 is 11.6 Å². The van der Waals surface area contributed by atoms with Crippen LogP contribution in [0.1, 0.15) is 42.5 Å². The van der Waals surface area contributed by atoms with Crippen LogP contribution in [0.2, 0.25) is 0 Å². The average molecular weight is 353 g/mol. The number of anilines is 1. The number of hydrogen-bond acceptors (Lipinski definition) is 4. The first-order valence-electron chi connectivity index (χ1n) is 8.22. The van der Waals surface area contributed by atoms with Gasteiger partial charge in [0.15, 0.2) is 0 Å². The maximum atomic E-state index is 12.9. The molecule has 0 saturated carbocycles. The van der Waals surface area contributed by atoms with Gasteiger partial charge in [0.2, 0.25) is 0 Å². The summed E-state index contributed by atoms with van der Waals surface area (Å²) in [5.74, 6) is 0.106. The number of carbonyl (C=O) groups excluding carboxylic acids is 1. The van der Waals surface area contributed by atoms with Crippen molar-refractivity contribution in [2.24, 2.45) is 0 Å². The topological polar surface area (TPSA) is 72.7 Å². The van der Waals surface area contributed by atoms with Crippen LogP contribution < -0.4 is 5.32 Å². The predicted molar refractivity (Wildman–Crippen MR) is 96.4 cm³/mol. The molecule has 2 heterocycles. The monoisotopic (exact) mass is 353 g/mol. The number of aromatic nitrogens is 4. The number of benzene rings is 1. The summed E-state index contributed by atoms with van der Waals surface area (Å²) in [6.45, 7) is 6.52. The molecule has 0 saturated heterocycles. The van der Waals surface area contributed by atoms with Gasteiger partial charge in [-0.05, 0) is 17.7 Å². The number of nitrogens with zero attached hydrogens (tertiary/aromatic N) is 4. The number of hydrogen-bond donors (Lipinski definition) is 1. The molecule has 0 unspecified atom stereocenters. The zero-order chi connectivity index (χ0) is 18.7. The molecule has 0 aliphatic carbocycles. The largest absolute Gasteiger partial charge is 0.319 e. The van der Waals surface area contributed by atoms with Gasteiger partial charge < -0.3 is 5.32 Å². The molecule has 0 spiro atoms. The van der Waals surface area contributed by atoms with Crippen LogP contribution in [-0.4, -0.2) is 25.7 Å². The van der Waals surface area contributed by atoms with Crippen molar-refractivity contribution in [2.45, 2.75) is 32.7 Å². The number of rotatable bonds is 4. The summed E-state index contributed by atoms with van der Waals surface area (Å²) in [5.41, 5.74) is 1.69. The molecule has 3 aromatic rings. The van der Waals surface area contributed by atoms with Crippen molar-refractivity contribution in [2.75, 3.05) is 5.32 Å². The fourth-order valence-corrected chi connectivity index (χ4v) is 2.33. The molecule has 3 rings (SSSR count). The molecule has 134 valence electrons. The first-order valence-corrected chi connectivity index (χ1v) is 8.22. The summed E-state index contributed by atoms with van der Waals surface area (Å²) in [5, 5.41) is 6.97. The van der Waals surface area contributed by atoms with Gasteiger partial charge in [0.25, 0.3) is 5.91 Å². The highest BCUT2D eigenvalue weighted by Crippen LogP contribution is 2.17. The standard InChI is InChI=1S/C19H20FN5O/c1-19(2,3)18-21-8-14(9-22-18)17(26)24-16-10-23-25(12-16)11-13-4-6-15(20)7-5-13/h4-10,12H,11H2,1-3H3,(H,24,26). The Hall–Kier alpha value is -3.09. The van der Waals surface area contributed by atoms with Crippen molar-refractivity contribution < 1.29 is 9.18 Å². The first-order chi connectivity index (χ1) is 12.3. The summed E-state index contributed by atoms with van der Waals surface area (Å²) in [6.07, 6.45) is 6.31. The highest BCUT2D eigenvalue weighted by atomic mass is 19.1. The molecule has 0 bridgehead atoms. The van der Waals surface area contributed by atoms with Crippen molar-refractivity contribution in [1.82, 2.24) is 19.7 Å². The van der Waals surface area contributed by atoms with E-state index in [0.29, 0.717) is 23.6 Å². The lowest BCUT2D eigenvalue weighted by Gasteiger charge is -2.15. The molecule has 6 nitrogen and oxygen atoms in total. The van der Waals surface area contributed by atoms with Gasteiger partial charge in [0, 0.05) is 24.0 Å². The molecule has 1 N–H and O–H groups in total. The molecule has 2 aromatic heterocycles. The quantitative estimate of drug-likeness (QED) is 0.780. The third-order valence-electron chi connectivity index (χ3n) is 3.73. The van der Waals surface area contributed by atoms with Crippen molar-refractivity contribution in [3.63, 3.8) is 0 Å². The van der Waals surface area contributed by atoms with Crippen LogP contribution in [0.15, 0.2) is 49.1 Å². The van der Waals surface area contributed by atoms with Crippen molar-refractivity contribution in [1.29, 1.82) is 0 Å². The highest BCUT2D eigenvalue weighted by Gasteiger charge is 2.18. The third-order valence-corrected chi connectivity index (χ3v) is 3.73. The number of nitrogens with one attached hydrogen (secondary N) is 1. The van der Waals surface area contributed by atoms with Gasteiger partial charge in [-0.25, -0.2) is 14.4 Å². The van der Waals surface area contributed by atoms with E-state index in [1.54, 1.807) is 29.2 Å². The van der Waals surface area contributed by atoms with E-state index in [4.69, 9.17) is 0 Å². The molecular weight excluding hydrogens is 333 g/mol. The van der Waals surface area contributed by atoms with Gasteiger partial charge in [-0.2, -0.15) is 5.10 Å². The van der Waals surface area contributed by atoms with Crippen LogP contribution in [0.5, 0.6) is 0 Å². The van der Waals surface area contributed by atoms with Crippen LogP contribution in [-0.2, 0) is 12.0 Å². The first kappa shape index (κ1) is 17.7. The van der Waals surface area contributed by atoms with Gasteiger partial charge >= 0.3 is 0 Å². The van der Waals surface area contributed by atoms with E-state index in [9.17, 15) is 9.18 Å². The van der Waals surface area contributed by atoms with E-state index in [1.807, 2.05) is 20.8 Å². The zero-order valence-corrected chi connectivity index (χ0v) is 14.9. The Morgan fingerprint density at radius 1 is 1.12 bits per heavy atom. The minimum absolute atomic E-state index is 0.170. The van der Waals surface area contributed by atoms with E-state index in [-0.39, 0.29) is 17.1 Å². The second kappa shape index (κ2) is 7.03. The van der Waals surface area contributed by atoms with Crippen LogP contribution >= 0.6 is 0 Å². The van der Waals surface area contributed by atoms with Crippen LogP contribution in [0.4, 0.5) is 10.1 Å². The van der Waals surface area contributed by atoms with Crippen molar-refractivity contribution in [3.8, 4) is 0 Å². The lowest BCUT2D eigenvalue weighted by atomic mass is 9.96. The maximum Gasteiger partial charge on any atom is 0.258 e. The van der Waals surface area contributed by atoms with Crippen LogP contribution in [0.3, 0.4) is 0 Å². The van der Waals surface area contributed by atoms with Gasteiger partial charge in [-0.15, -0.1) is 0 Å². The lowest BCUT2D eigenvalue weighted by molar-refractivity contribution is 0.102. The molecule has 0 aliphatic rings. The number of halogens is 1. The summed E-state index contributed by atoms with van der Waals surface area (Å²) >= 11 is 0. The number of amides is 1. The van der Waals surface area contributed by atoms with E-state index in [2.05, 4.69) is 20.4 Å². The van der Waals surface area contributed by atoms with Crippen LogP contribution in [0, 0.1) is 5.82 Å². The minimum Gasteiger partial charge on any atom is -0.319 e. The molecule has 0 fully saturated rings. The fourth-order valence-electron chi connectivity index (χ4n) is 2.33. The maximum absolute atomic E-state index is 12.9. The summed E-state index contributed by atoms with van der Waals surface area (Å²) in [7, 11) is 0. The molecule has 1 amide bonds. The molecular formula is C19H20FN5O.